The van der Waals surface area contributed by atoms with Gasteiger partial charge in [-0.3, -0.25) is 0 Å². The van der Waals surface area contributed by atoms with E-state index >= 15 is 0 Å². The lowest BCUT2D eigenvalue weighted by Crippen LogP contribution is -1.85. The number of rotatable bonds is 4. The molecular formula is C18H12FN3O3S. The van der Waals surface area contributed by atoms with Gasteiger partial charge in [0.05, 0.1) is 29.1 Å². The zero-order valence-electron chi connectivity index (χ0n) is 13.5. The van der Waals surface area contributed by atoms with Gasteiger partial charge in [-0.25, -0.2) is 19.4 Å². The van der Waals surface area contributed by atoms with E-state index in [2.05, 4.69) is 15.0 Å². The highest BCUT2D eigenvalue weighted by Crippen LogP contribution is 2.31. The molecule has 0 saturated heterocycles. The van der Waals surface area contributed by atoms with Crippen molar-refractivity contribution in [3.63, 3.8) is 0 Å². The molecule has 6 nitrogen and oxygen atoms in total. The number of halogens is 1. The lowest BCUT2D eigenvalue weighted by atomic mass is 10.2. The first-order chi connectivity index (χ1) is 12.6. The first-order valence-electron chi connectivity index (χ1n) is 7.57. The van der Waals surface area contributed by atoms with E-state index < -0.39 is 11.8 Å². The van der Waals surface area contributed by atoms with Gasteiger partial charge in [-0.05, 0) is 30.3 Å². The van der Waals surface area contributed by atoms with Gasteiger partial charge in [0.15, 0.2) is 5.69 Å². The Balaban J connectivity index is 1.64. The van der Waals surface area contributed by atoms with Crippen molar-refractivity contribution in [2.75, 3.05) is 7.11 Å². The van der Waals surface area contributed by atoms with Crippen LogP contribution in [-0.4, -0.2) is 28.4 Å². The van der Waals surface area contributed by atoms with E-state index in [1.54, 1.807) is 19.2 Å². The lowest BCUT2D eigenvalue weighted by molar-refractivity contribution is 0.336. The number of benzene rings is 2. The van der Waals surface area contributed by atoms with Crippen molar-refractivity contribution < 1.29 is 18.7 Å². The maximum atomic E-state index is 13.8. The Morgan fingerprint density at radius 1 is 1.23 bits per heavy atom. The van der Waals surface area contributed by atoms with Gasteiger partial charge in [0.2, 0.25) is 11.0 Å². The largest absolute Gasteiger partial charge is 0.497 e. The SMILES string of the molecule is COc1ccc2nc(N=Cc3nc(-c4ccccc4F)oc3O)sc2c1. The average Bonchev–Trinajstić information content (AvgIpc) is 3.22. The molecule has 0 bridgehead atoms. The summed E-state index contributed by atoms with van der Waals surface area (Å²) in [6, 6.07) is 11.6. The number of hydrogen-bond acceptors (Lipinski definition) is 7. The summed E-state index contributed by atoms with van der Waals surface area (Å²) in [7, 11) is 1.60. The number of ether oxygens (including phenoxy) is 1. The van der Waals surface area contributed by atoms with Crippen LogP contribution >= 0.6 is 11.3 Å². The summed E-state index contributed by atoms with van der Waals surface area (Å²) in [4.78, 5) is 12.7. The Kier molecular flexibility index (Phi) is 4.10. The number of hydrogen-bond donors (Lipinski definition) is 1. The van der Waals surface area contributed by atoms with Crippen LogP contribution in [0.15, 0.2) is 51.9 Å². The first-order valence-corrected chi connectivity index (χ1v) is 8.39. The van der Waals surface area contributed by atoms with Gasteiger partial charge in [-0.2, -0.15) is 0 Å². The van der Waals surface area contributed by atoms with Crippen molar-refractivity contribution in [3.05, 3.63) is 54.0 Å². The number of oxazole rings is 1. The Morgan fingerprint density at radius 2 is 2.08 bits per heavy atom. The van der Waals surface area contributed by atoms with Gasteiger partial charge in [-0.15, -0.1) is 0 Å². The Labute approximate surface area is 151 Å². The summed E-state index contributed by atoms with van der Waals surface area (Å²) in [6.45, 7) is 0. The zero-order chi connectivity index (χ0) is 18.1. The Hall–Kier alpha value is -3.26. The maximum absolute atomic E-state index is 13.8. The second kappa shape index (κ2) is 6.57. The standard InChI is InChI=1S/C18H12FN3O3S/c1-24-10-6-7-13-15(8-10)26-18(22-13)20-9-14-17(23)25-16(21-14)11-4-2-3-5-12(11)19/h2-9,23H,1H3. The smallest absolute Gasteiger partial charge is 0.312 e. The van der Waals surface area contributed by atoms with E-state index in [0.29, 0.717) is 5.13 Å². The molecule has 0 aliphatic carbocycles. The van der Waals surface area contributed by atoms with Crippen LogP contribution in [0.2, 0.25) is 0 Å². The van der Waals surface area contributed by atoms with Gasteiger partial charge in [-0.1, -0.05) is 23.5 Å². The van der Waals surface area contributed by atoms with Gasteiger partial charge >= 0.3 is 5.95 Å². The van der Waals surface area contributed by atoms with Crippen molar-refractivity contribution >= 4 is 32.9 Å². The van der Waals surface area contributed by atoms with Crippen molar-refractivity contribution in [1.82, 2.24) is 9.97 Å². The summed E-state index contributed by atoms with van der Waals surface area (Å²) in [6.07, 6.45) is 1.33. The molecule has 2 aromatic carbocycles. The summed E-state index contributed by atoms with van der Waals surface area (Å²) >= 11 is 1.37. The fourth-order valence-corrected chi connectivity index (χ4v) is 3.19. The molecule has 0 unspecified atom stereocenters. The predicted molar refractivity (Wildman–Crippen MR) is 97.0 cm³/mol. The molecule has 1 N–H and O–H groups in total. The number of aromatic nitrogens is 2. The van der Waals surface area contributed by atoms with Crippen LogP contribution in [0.3, 0.4) is 0 Å². The molecule has 0 fully saturated rings. The second-order valence-electron chi connectivity index (χ2n) is 5.28. The van der Waals surface area contributed by atoms with E-state index in [4.69, 9.17) is 9.15 Å². The third-order valence-corrected chi connectivity index (χ3v) is 4.55. The van der Waals surface area contributed by atoms with E-state index in [0.717, 1.165) is 16.0 Å². The van der Waals surface area contributed by atoms with Crippen molar-refractivity contribution in [3.8, 4) is 23.1 Å². The molecule has 4 aromatic rings. The molecule has 0 atom stereocenters. The topological polar surface area (TPSA) is 80.7 Å². The second-order valence-corrected chi connectivity index (χ2v) is 6.29. The van der Waals surface area contributed by atoms with Gasteiger partial charge in [0.1, 0.15) is 11.6 Å². The average molecular weight is 369 g/mol. The highest BCUT2D eigenvalue weighted by molar-refractivity contribution is 7.22. The molecule has 0 spiro atoms. The monoisotopic (exact) mass is 369 g/mol. The summed E-state index contributed by atoms with van der Waals surface area (Å²) in [5.74, 6) is -0.205. The van der Waals surface area contributed by atoms with Crippen LogP contribution in [0.4, 0.5) is 9.52 Å². The van der Waals surface area contributed by atoms with Crippen LogP contribution in [-0.2, 0) is 0 Å². The van der Waals surface area contributed by atoms with Crippen molar-refractivity contribution in [2.24, 2.45) is 4.99 Å². The number of aromatic hydroxyl groups is 1. The summed E-state index contributed by atoms with van der Waals surface area (Å²) < 4.78 is 25.1. The van der Waals surface area contributed by atoms with Gasteiger partial charge in [0.25, 0.3) is 0 Å². The number of aliphatic imine (C=N–C) groups is 1. The number of thiazole rings is 1. The molecule has 0 radical (unpaired) electrons. The summed E-state index contributed by atoms with van der Waals surface area (Å²) in [5, 5.41) is 10.4. The summed E-state index contributed by atoms with van der Waals surface area (Å²) in [5.41, 5.74) is 1.05. The van der Waals surface area contributed by atoms with Crippen molar-refractivity contribution in [2.45, 2.75) is 0 Å². The molecule has 8 heteroatoms. The van der Waals surface area contributed by atoms with Crippen LogP contribution in [0, 0.1) is 5.82 Å². The Morgan fingerprint density at radius 3 is 2.88 bits per heavy atom. The predicted octanol–water partition coefficient (Wildman–Crippen LogP) is 4.56. The van der Waals surface area contributed by atoms with E-state index in [1.165, 1.54) is 29.7 Å². The molecule has 0 aliphatic heterocycles. The molecule has 2 heterocycles. The highest BCUT2D eigenvalue weighted by Gasteiger charge is 2.15. The highest BCUT2D eigenvalue weighted by atomic mass is 32.1. The normalized spacial score (nSPS) is 11.5. The molecule has 0 amide bonds. The fourth-order valence-electron chi connectivity index (χ4n) is 2.35. The minimum atomic E-state index is -0.489. The van der Waals surface area contributed by atoms with Crippen LogP contribution < -0.4 is 4.74 Å². The van der Waals surface area contributed by atoms with E-state index in [9.17, 15) is 9.50 Å². The lowest BCUT2D eigenvalue weighted by Gasteiger charge is -1.96. The van der Waals surface area contributed by atoms with Crippen LogP contribution in [0.5, 0.6) is 11.7 Å². The number of methoxy groups -OCH3 is 1. The maximum Gasteiger partial charge on any atom is 0.312 e. The van der Waals surface area contributed by atoms with E-state index in [-0.39, 0.29) is 17.1 Å². The molecule has 0 aliphatic rings. The van der Waals surface area contributed by atoms with E-state index in [1.807, 2.05) is 18.2 Å². The van der Waals surface area contributed by atoms with Gasteiger partial charge in [0, 0.05) is 0 Å². The molecular weight excluding hydrogens is 357 g/mol. The fraction of sp³-hybridized carbons (Fsp3) is 0.0556. The Bertz CT molecular complexity index is 1120. The number of nitrogens with zero attached hydrogens (tertiary/aromatic N) is 3. The molecule has 130 valence electrons. The quantitative estimate of drug-likeness (QED) is 0.534. The number of fused-ring (bicyclic) bond motifs is 1. The third kappa shape index (κ3) is 3.02. The minimum absolute atomic E-state index is 0.0175. The third-order valence-electron chi connectivity index (χ3n) is 3.62. The van der Waals surface area contributed by atoms with Crippen LogP contribution in [0.1, 0.15) is 5.69 Å². The zero-order valence-corrected chi connectivity index (χ0v) is 14.3. The molecule has 2 aromatic heterocycles. The minimum Gasteiger partial charge on any atom is -0.497 e. The molecule has 26 heavy (non-hydrogen) atoms. The molecule has 0 saturated carbocycles. The van der Waals surface area contributed by atoms with Crippen molar-refractivity contribution in [1.29, 1.82) is 0 Å². The first kappa shape index (κ1) is 16.2. The van der Waals surface area contributed by atoms with Crippen LogP contribution in [0.25, 0.3) is 21.7 Å². The van der Waals surface area contributed by atoms with Gasteiger partial charge < -0.3 is 14.3 Å². The molecule has 4 rings (SSSR count).